The van der Waals surface area contributed by atoms with Gasteiger partial charge in [-0.25, -0.2) is 4.79 Å². The number of hydrogen-bond donors (Lipinski definition) is 2. The van der Waals surface area contributed by atoms with E-state index in [1.807, 2.05) is 49.4 Å². The molecule has 2 aromatic rings. The molecule has 0 heterocycles. The second kappa shape index (κ2) is 9.32. The SMILES string of the molecule is CCOc1ccc(N(CCNC(=O)Nc2ccccc2)C(C)=O)cc1. The zero-order valence-corrected chi connectivity index (χ0v) is 14.5. The fourth-order valence-corrected chi connectivity index (χ4v) is 2.34. The van der Waals surface area contributed by atoms with Crippen molar-refractivity contribution in [3.63, 3.8) is 0 Å². The lowest BCUT2D eigenvalue weighted by atomic mass is 10.2. The van der Waals surface area contributed by atoms with Crippen LogP contribution in [0.25, 0.3) is 0 Å². The normalized spacial score (nSPS) is 10.0. The lowest BCUT2D eigenvalue weighted by Gasteiger charge is -2.21. The van der Waals surface area contributed by atoms with Crippen molar-refractivity contribution in [2.75, 3.05) is 29.9 Å². The molecule has 0 saturated heterocycles. The Morgan fingerprint density at radius 2 is 1.72 bits per heavy atom. The topological polar surface area (TPSA) is 70.7 Å². The summed E-state index contributed by atoms with van der Waals surface area (Å²) < 4.78 is 5.40. The highest BCUT2D eigenvalue weighted by Gasteiger charge is 2.12. The van der Waals surface area contributed by atoms with Crippen LogP contribution in [0.2, 0.25) is 0 Å². The van der Waals surface area contributed by atoms with E-state index in [1.54, 1.807) is 17.0 Å². The summed E-state index contributed by atoms with van der Waals surface area (Å²) >= 11 is 0. The molecule has 0 bridgehead atoms. The van der Waals surface area contributed by atoms with Gasteiger partial charge in [-0.1, -0.05) is 18.2 Å². The molecule has 3 amide bonds. The number of hydrogen-bond acceptors (Lipinski definition) is 3. The maximum absolute atomic E-state index is 11.9. The second-order valence-electron chi connectivity index (χ2n) is 5.34. The molecule has 0 radical (unpaired) electrons. The number of urea groups is 1. The van der Waals surface area contributed by atoms with Crippen molar-refractivity contribution in [2.24, 2.45) is 0 Å². The maximum Gasteiger partial charge on any atom is 0.319 e. The van der Waals surface area contributed by atoms with Crippen LogP contribution in [0.5, 0.6) is 5.75 Å². The molecule has 0 unspecified atom stereocenters. The van der Waals surface area contributed by atoms with E-state index < -0.39 is 0 Å². The smallest absolute Gasteiger partial charge is 0.319 e. The summed E-state index contributed by atoms with van der Waals surface area (Å²) in [6.07, 6.45) is 0. The number of carbonyl (C=O) groups excluding carboxylic acids is 2. The predicted molar refractivity (Wildman–Crippen MR) is 99.1 cm³/mol. The number of para-hydroxylation sites is 1. The highest BCUT2D eigenvalue weighted by Crippen LogP contribution is 2.19. The van der Waals surface area contributed by atoms with E-state index in [1.165, 1.54) is 6.92 Å². The molecule has 25 heavy (non-hydrogen) atoms. The molecule has 2 rings (SSSR count). The van der Waals surface area contributed by atoms with Crippen LogP contribution in [0, 0.1) is 0 Å². The summed E-state index contributed by atoms with van der Waals surface area (Å²) in [5.41, 5.74) is 1.48. The van der Waals surface area contributed by atoms with Gasteiger partial charge in [0.15, 0.2) is 0 Å². The van der Waals surface area contributed by atoms with Crippen molar-refractivity contribution in [3.05, 3.63) is 54.6 Å². The van der Waals surface area contributed by atoms with E-state index in [0.717, 1.165) is 17.1 Å². The summed E-state index contributed by atoms with van der Waals surface area (Å²) in [5, 5.41) is 5.49. The van der Waals surface area contributed by atoms with Crippen molar-refractivity contribution in [1.82, 2.24) is 5.32 Å². The Morgan fingerprint density at radius 1 is 1.04 bits per heavy atom. The molecule has 0 aliphatic carbocycles. The van der Waals surface area contributed by atoms with Crippen LogP contribution in [0.15, 0.2) is 54.6 Å². The first-order chi connectivity index (χ1) is 12.1. The van der Waals surface area contributed by atoms with Crippen LogP contribution in [-0.4, -0.2) is 31.6 Å². The van der Waals surface area contributed by atoms with Gasteiger partial charge in [-0.3, -0.25) is 4.79 Å². The van der Waals surface area contributed by atoms with E-state index >= 15 is 0 Å². The van der Waals surface area contributed by atoms with Gasteiger partial charge in [-0.2, -0.15) is 0 Å². The molecule has 132 valence electrons. The second-order valence-corrected chi connectivity index (χ2v) is 5.34. The Bertz CT molecular complexity index is 687. The molecule has 2 N–H and O–H groups in total. The number of nitrogens with one attached hydrogen (secondary N) is 2. The Hall–Kier alpha value is -3.02. The van der Waals surface area contributed by atoms with E-state index in [9.17, 15) is 9.59 Å². The third-order valence-electron chi connectivity index (χ3n) is 3.49. The largest absolute Gasteiger partial charge is 0.494 e. The minimum Gasteiger partial charge on any atom is -0.494 e. The van der Waals surface area contributed by atoms with Crippen LogP contribution in [0.3, 0.4) is 0 Å². The van der Waals surface area contributed by atoms with Crippen LogP contribution < -0.4 is 20.3 Å². The number of rotatable bonds is 7. The Kier molecular flexibility index (Phi) is 6.83. The van der Waals surface area contributed by atoms with E-state index in [2.05, 4.69) is 10.6 Å². The number of nitrogens with zero attached hydrogens (tertiary/aromatic N) is 1. The number of benzene rings is 2. The van der Waals surface area contributed by atoms with Gasteiger partial charge in [0.2, 0.25) is 5.91 Å². The van der Waals surface area contributed by atoms with E-state index in [4.69, 9.17) is 4.74 Å². The highest BCUT2D eigenvalue weighted by atomic mass is 16.5. The number of amides is 3. The maximum atomic E-state index is 11.9. The van der Waals surface area contributed by atoms with Crippen molar-refractivity contribution in [2.45, 2.75) is 13.8 Å². The van der Waals surface area contributed by atoms with Crippen LogP contribution in [-0.2, 0) is 4.79 Å². The number of ether oxygens (including phenoxy) is 1. The standard InChI is InChI=1S/C19H23N3O3/c1-3-25-18-11-9-17(10-12-18)22(15(2)23)14-13-20-19(24)21-16-7-5-4-6-8-16/h4-12H,3,13-14H2,1-2H3,(H2,20,21,24). The molecular weight excluding hydrogens is 318 g/mol. The Labute approximate surface area is 147 Å². The van der Waals surface area contributed by atoms with Gasteiger partial charge in [0.25, 0.3) is 0 Å². The molecule has 0 aromatic heterocycles. The lowest BCUT2D eigenvalue weighted by Crippen LogP contribution is -2.39. The van der Waals surface area contributed by atoms with Crippen molar-refractivity contribution in [3.8, 4) is 5.75 Å². The van der Waals surface area contributed by atoms with E-state index in [-0.39, 0.29) is 11.9 Å². The fraction of sp³-hybridized carbons (Fsp3) is 0.263. The third kappa shape index (κ3) is 5.84. The fourth-order valence-electron chi connectivity index (χ4n) is 2.34. The zero-order chi connectivity index (χ0) is 18.1. The monoisotopic (exact) mass is 341 g/mol. The lowest BCUT2D eigenvalue weighted by molar-refractivity contribution is -0.116. The van der Waals surface area contributed by atoms with Crippen molar-refractivity contribution in [1.29, 1.82) is 0 Å². The molecular formula is C19H23N3O3. The summed E-state index contributed by atoms with van der Waals surface area (Å²) in [4.78, 5) is 25.4. The third-order valence-corrected chi connectivity index (χ3v) is 3.49. The number of anilines is 2. The predicted octanol–water partition coefficient (Wildman–Crippen LogP) is 3.26. The summed E-state index contributed by atoms with van der Waals surface area (Å²) in [6, 6.07) is 16.2. The van der Waals surface area contributed by atoms with Gasteiger partial charge in [-0.05, 0) is 43.3 Å². The average molecular weight is 341 g/mol. The zero-order valence-electron chi connectivity index (χ0n) is 14.5. The molecule has 0 fully saturated rings. The van der Waals surface area contributed by atoms with E-state index in [0.29, 0.717) is 19.7 Å². The molecule has 0 spiro atoms. The molecule has 0 aliphatic heterocycles. The van der Waals surface area contributed by atoms with Crippen molar-refractivity contribution < 1.29 is 14.3 Å². The van der Waals surface area contributed by atoms with Gasteiger partial charge in [0.05, 0.1) is 6.61 Å². The Balaban J connectivity index is 1.87. The average Bonchev–Trinajstić information content (AvgIpc) is 2.60. The molecule has 6 nitrogen and oxygen atoms in total. The molecule has 0 saturated carbocycles. The Morgan fingerprint density at radius 3 is 2.32 bits per heavy atom. The van der Waals surface area contributed by atoms with Gasteiger partial charge < -0.3 is 20.3 Å². The highest BCUT2D eigenvalue weighted by molar-refractivity contribution is 5.92. The van der Waals surface area contributed by atoms with Crippen molar-refractivity contribution >= 4 is 23.3 Å². The molecule has 6 heteroatoms. The van der Waals surface area contributed by atoms with Gasteiger partial charge in [0.1, 0.15) is 5.75 Å². The number of carbonyl (C=O) groups is 2. The van der Waals surface area contributed by atoms with Gasteiger partial charge in [-0.15, -0.1) is 0 Å². The van der Waals surface area contributed by atoms with Gasteiger partial charge in [0, 0.05) is 31.4 Å². The summed E-state index contributed by atoms with van der Waals surface area (Å²) in [5.74, 6) is 0.671. The first-order valence-corrected chi connectivity index (χ1v) is 8.21. The minimum absolute atomic E-state index is 0.0885. The van der Waals surface area contributed by atoms with Gasteiger partial charge >= 0.3 is 6.03 Å². The molecule has 2 aromatic carbocycles. The quantitative estimate of drug-likeness (QED) is 0.812. The molecule has 0 aliphatic rings. The van der Waals surface area contributed by atoms with Crippen LogP contribution in [0.1, 0.15) is 13.8 Å². The first-order valence-electron chi connectivity index (χ1n) is 8.21. The van der Waals surface area contributed by atoms with Crippen LogP contribution >= 0.6 is 0 Å². The summed E-state index contributed by atoms with van der Waals surface area (Å²) in [7, 11) is 0. The first kappa shape index (κ1) is 18.3. The minimum atomic E-state index is -0.304. The van der Waals surface area contributed by atoms with Crippen LogP contribution in [0.4, 0.5) is 16.2 Å². The summed E-state index contributed by atoms with van der Waals surface area (Å²) in [6.45, 7) is 4.73. The molecule has 0 atom stereocenters.